The summed E-state index contributed by atoms with van der Waals surface area (Å²) >= 11 is 6.41. The van der Waals surface area contributed by atoms with E-state index in [2.05, 4.69) is 5.32 Å². The molecule has 1 amide bonds. The van der Waals surface area contributed by atoms with Crippen LogP contribution >= 0.6 is 11.6 Å². The zero-order chi connectivity index (χ0) is 25.1. The predicted molar refractivity (Wildman–Crippen MR) is 136 cm³/mol. The Hall–Kier alpha value is -3.97. The van der Waals surface area contributed by atoms with Gasteiger partial charge < -0.3 is 23.9 Å². The zero-order valence-electron chi connectivity index (χ0n) is 19.7. The van der Waals surface area contributed by atoms with Crippen molar-refractivity contribution in [2.45, 2.75) is 13.8 Å². The molecule has 4 aromatic rings. The van der Waals surface area contributed by atoms with Crippen LogP contribution < -0.4 is 25.0 Å². The number of nitrogens with one attached hydrogen (secondary N) is 1. The molecule has 8 heteroatoms. The number of methoxy groups -OCH3 is 2. The van der Waals surface area contributed by atoms with Crippen LogP contribution in [0.15, 0.2) is 63.8 Å². The number of ether oxygens (including phenoxy) is 3. The van der Waals surface area contributed by atoms with Gasteiger partial charge in [0.2, 0.25) is 11.2 Å². The lowest BCUT2D eigenvalue weighted by Crippen LogP contribution is -2.23. The summed E-state index contributed by atoms with van der Waals surface area (Å²) < 4.78 is 22.4. The maximum atomic E-state index is 13.5. The van der Waals surface area contributed by atoms with Crippen LogP contribution in [0.2, 0.25) is 5.02 Å². The van der Waals surface area contributed by atoms with Crippen LogP contribution in [0.3, 0.4) is 0 Å². The summed E-state index contributed by atoms with van der Waals surface area (Å²) in [6.45, 7) is 3.32. The number of fused-ring (bicyclic) bond motifs is 1. The summed E-state index contributed by atoms with van der Waals surface area (Å²) in [5.74, 6) is 0.589. The molecular formula is C27H24ClNO6. The molecule has 0 unspecified atom stereocenters. The van der Waals surface area contributed by atoms with Crippen LogP contribution in [-0.2, 0) is 4.79 Å². The van der Waals surface area contributed by atoms with E-state index in [1.54, 1.807) is 48.5 Å². The molecule has 0 fully saturated rings. The Morgan fingerprint density at radius 3 is 2.51 bits per heavy atom. The maximum absolute atomic E-state index is 13.5. The number of benzene rings is 3. The van der Waals surface area contributed by atoms with Gasteiger partial charge in [0.05, 0.1) is 30.3 Å². The number of rotatable bonds is 7. The molecule has 180 valence electrons. The van der Waals surface area contributed by atoms with Crippen LogP contribution in [0.1, 0.15) is 11.1 Å². The standard InChI is InChI=1S/C27H24ClNO6/c1-15-11-16(2)25-19(12-15)24(31)27(26(35-25)18-7-5-6-8-20(18)28)34-14-23(30)29-21-10-9-17(32-3)13-22(21)33-4/h5-13H,14H2,1-4H3,(H,29,30). The highest BCUT2D eigenvalue weighted by molar-refractivity contribution is 6.33. The molecule has 0 aliphatic rings. The summed E-state index contributed by atoms with van der Waals surface area (Å²) in [4.78, 5) is 26.2. The Morgan fingerprint density at radius 2 is 1.80 bits per heavy atom. The molecule has 35 heavy (non-hydrogen) atoms. The van der Waals surface area contributed by atoms with E-state index in [0.29, 0.717) is 38.7 Å². The lowest BCUT2D eigenvalue weighted by molar-refractivity contribution is -0.118. The molecule has 1 heterocycles. The smallest absolute Gasteiger partial charge is 0.262 e. The highest BCUT2D eigenvalue weighted by Crippen LogP contribution is 2.36. The summed E-state index contributed by atoms with van der Waals surface area (Å²) in [6, 6.07) is 15.6. The SMILES string of the molecule is COc1ccc(NC(=O)COc2c(-c3ccccc3Cl)oc3c(C)cc(C)cc3c2=O)c(OC)c1. The van der Waals surface area contributed by atoms with Gasteiger partial charge in [-0.1, -0.05) is 29.8 Å². The van der Waals surface area contributed by atoms with E-state index in [1.165, 1.54) is 14.2 Å². The number of amides is 1. The average Bonchev–Trinajstić information content (AvgIpc) is 2.84. The van der Waals surface area contributed by atoms with Crippen molar-refractivity contribution >= 4 is 34.2 Å². The molecule has 0 bridgehead atoms. The highest BCUT2D eigenvalue weighted by atomic mass is 35.5. The maximum Gasteiger partial charge on any atom is 0.262 e. The van der Waals surface area contributed by atoms with Crippen molar-refractivity contribution in [2.75, 3.05) is 26.1 Å². The van der Waals surface area contributed by atoms with Crippen molar-refractivity contribution in [1.29, 1.82) is 0 Å². The Kier molecular flexibility index (Phi) is 6.98. The number of carbonyl (C=O) groups is 1. The van der Waals surface area contributed by atoms with Crippen molar-refractivity contribution in [2.24, 2.45) is 0 Å². The second-order valence-electron chi connectivity index (χ2n) is 7.93. The van der Waals surface area contributed by atoms with Crippen molar-refractivity contribution in [3.63, 3.8) is 0 Å². The van der Waals surface area contributed by atoms with Crippen molar-refractivity contribution in [3.05, 3.63) is 81.0 Å². The molecule has 4 rings (SSSR count). The van der Waals surface area contributed by atoms with Gasteiger partial charge >= 0.3 is 0 Å². The normalized spacial score (nSPS) is 10.8. The van der Waals surface area contributed by atoms with Crippen molar-refractivity contribution < 1.29 is 23.4 Å². The van der Waals surface area contributed by atoms with Crippen LogP contribution in [-0.4, -0.2) is 26.7 Å². The third-order valence-corrected chi connectivity index (χ3v) is 5.76. The largest absolute Gasteiger partial charge is 0.497 e. The first-order chi connectivity index (χ1) is 16.8. The Bertz CT molecular complexity index is 1480. The second-order valence-corrected chi connectivity index (χ2v) is 8.34. The van der Waals surface area contributed by atoms with Gasteiger partial charge in [-0.2, -0.15) is 0 Å². The number of aryl methyl sites for hydroxylation is 2. The molecule has 0 aliphatic carbocycles. The minimum atomic E-state index is -0.488. The minimum absolute atomic E-state index is 0.0903. The number of halogens is 1. The Balaban J connectivity index is 1.71. The summed E-state index contributed by atoms with van der Waals surface area (Å²) in [5, 5.41) is 3.48. The van der Waals surface area contributed by atoms with E-state index in [0.717, 1.165) is 11.1 Å². The molecule has 0 saturated heterocycles. The van der Waals surface area contributed by atoms with E-state index >= 15 is 0 Å². The molecule has 0 atom stereocenters. The molecule has 7 nitrogen and oxygen atoms in total. The highest BCUT2D eigenvalue weighted by Gasteiger charge is 2.22. The van der Waals surface area contributed by atoms with Crippen LogP contribution in [0.5, 0.6) is 17.2 Å². The van der Waals surface area contributed by atoms with E-state index in [9.17, 15) is 9.59 Å². The first-order valence-electron chi connectivity index (χ1n) is 10.8. The molecule has 1 aromatic heterocycles. The first-order valence-corrected chi connectivity index (χ1v) is 11.2. The van der Waals surface area contributed by atoms with Gasteiger partial charge in [0.15, 0.2) is 12.4 Å². The van der Waals surface area contributed by atoms with E-state index in [1.807, 2.05) is 19.9 Å². The number of carbonyl (C=O) groups excluding carboxylic acids is 1. The van der Waals surface area contributed by atoms with Gasteiger partial charge in [0, 0.05) is 11.6 Å². The van der Waals surface area contributed by atoms with Crippen LogP contribution in [0.4, 0.5) is 5.69 Å². The fourth-order valence-electron chi connectivity index (χ4n) is 3.81. The molecule has 0 saturated carbocycles. The molecule has 0 spiro atoms. The molecular weight excluding hydrogens is 470 g/mol. The van der Waals surface area contributed by atoms with Crippen molar-refractivity contribution in [3.8, 4) is 28.6 Å². The number of hydrogen-bond donors (Lipinski definition) is 1. The van der Waals surface area contributed by atoms with Gasteiger partial charge in [-0.25, -0.2) is 0 Å². The number of anilines is 1. The first kappa shape index (κ1) is 24.2. The Morgan fingerprint density at radius 1 is 1.03 bits per heavy atom. The van der Waals surface area contributed by atoms with Crippen molar-refractivity contribution in [1.82, 2.24) is 0 Å². The molecule has 0 radical (unpaired) electrons. The van der Waals surface area contributed by atoms with Gasteiger partial charge in [-0.05, 0) is 55.3 Å². The monoisotopic (exact) mass is 493 g/mol. The molecule has 3 aromatic carbocycles. The fourth-order valence-corrected chi connectivity index (χ4v) is 4.03. The van der Waals surface area contributed by atoms with E-state index in [-0.39, 0.29) is 16.9 Å². The van der Waals surface area contributed by atoms with Gasteiger partial charge in [-0.3, -0.25) is 9.59 Å². The lowest BCUT2D eigenvalue weighted by atomic mass is 10.1. The van der Waals surface area contributed by atoms with E-state index < -0.39 is 12.5 Å². The average molecular weight is 494 g/mol. The fraction of sp³-hybridized carbons (Fsp3) is 0.185. The van der Waals surface area contributed by atoms with Crippen LogP contribution in [0, 0.1) is 13.8 Å². The second kappa shape index (κ2) is 10.1. The predicted octanol–water partition coefficient (Wildman–Crippen LogP) is 5.76. The van der Waals surface area contributed by atoms with Gasteiger partial charge in [-0.15, -0.1) is 0 Å². The number of hydrogen-bond acceptors (Lipinski definition) is 6. The lowest BCUT2D eigenvalue weighted by Gasteiger charge is -2.15. The Labute approximate surface area is 207 Å². The van der Waals surface area contributed by atoms with Gasteiger partial charge in [0.25, 0.3) is 5.91 Å². The van der Waals surface area contributed by atoms with Crippen LogP contribution in [0.25, 0.3) is 22.3 Å². The van der Waals surface area contributed by atoms with Gasteiger partial charge in [0.1, 0.15) is 17.1 Å². The zero-order valence-corrected chi connectivity index (χ0v) is 20.5. The molecule has 1 N–H and O–H groups in total. The molecule has 0 aliphatic heterocycles. The topological polar surface area (TPSA) is 87.0 Å². The van der Waals surface area contributed by atoms with E-state index in [4.69, 9.17) is 30.2 Å². The summed E-state index contributed by atoms with van der Waals surface area (Å²) in [6.07, 6.45) is 0. The summed E-state index contributed by atoms with van der Waals surface area (Å²) in [5.41, 5.74) is 2.69. The quantitative estimate of drug-likeness (QED) is 0.352. The third kappa shape index (κ3) is 4.95. The third-order valence-electron chi connectivity index (χ3n) is 5.43. The minimum Gasteiger partial charge on any atom is -0.497 e. The summed E-state index contributed by atoms with van der Waals surface area (Å²) in [7, 11) is 3.02.